The molecule has 1 aromatic rings. The Hall–Kier alpha value is -2.28. The van der Waals surface area contributed by atoms with Crippen molar-refractivity contribution in [2.75, 3.05) is 46.1 Å². The number of carbonyl (C=O) groups is 2. The van der Waals surface area contributed by atoms with Crippen LogP contribution in [0.5, 0.6) is 11.5 Å². The minimum atomic E-state index is -0.707. The minimum absolute atomic E-state index is 0.165. The van der Waals surface area contributed by atoms with Gasteiger partial charge in [-0.15, -0.1) is 0 Å². The SMILES string of the molecule is O=C(COC(=O)C1(c2ccc3c(c2)OCCO3)CCCC1)N1CCOCC1. The van der Waals surface area contributed by atoms with Crippen LogP contribution in [-0.4, -0.2) is 62.9 Å². The number of hydrogen-bond donors (Lipinski definition) is 0. The number of rotatable bonds is 4. The molecule has 0 spiro atoms. The van der Waals surface area contributed by atoms with E-state index in [9.17, 15) is 9.59 Å². The van der Waals surface area contributed by atoms with Crippen LogP contribution < -0.4 is 9.47 Å². The molecule has 4 rings (SSSR count). The number of ether oxygens (including phenoxy) is 4. The zero-order valence-electron chi connectivity index (χ0n) is 15.4. The van der Waals surface area contributed by atoms with Crippen molar-refractivity contribution in [1.29, 1.82) is 0 Å². The Balaban J connectivity index is 1.48. The highest BCUT2D eigenvalue weighted by molar-refractivity contribution is 5.87. The van der Waals surface area contributed by atoms with Gasteiger partial charge in [0.05, 0.1) is 18.6 Å². The summed E-state index contributed by atoms with van der Waals surface area (Å²) < 4.78 is 22.0. The monoisotopic (exact) mass is 375 g/mol. The van der Waals surface area contributed by atoms with Crippen molar-refractivity contribution >= 4 is 11.9 Å². The topological polar surface area (TPSA) is 74.3 Å². The third kappa shape index (κ3) is 3.60. The van der Waals surface area contributed by atoms with E-state index in [1.807, 2.05) is 18.2 Å². The molecule has 1 saturated heterocycles. The van der Waals surface area contributed by atoms with Crippen molar-refractivity contribution in [3.63, 3.8) is 0 Å². The average molecular weight is 375 g/mol. The molecule has 2 fully saturated rings. The van der Waals surface area contributed by atoms with E-state index in [-0.39, 0.29) is 18.5 Å². The van der Waals surface area contributed by atoms with Gasteiger partial charge in [-0.2, -0.15) is 0 Å². The van der Waals surface area contributed by atoms with Gasteiger partial charge in [0.2, 0.25) is 0 Å². The maximum Gasteiger partial charge on any atom is 0.317 e. The maximum atomic E-state index is 13.0. The van der Waals surface area contributed by atoms with Crippen molar-refractivity contribution in [3.8, 4) is 11.5 Å². The van der Waals surface area contributed by atoms with Crippen LogP contribution >= 0.6 is 0 Å². The van der Waals surface area contributed by atoms with Gasteiger partial charge in [-0.05, 0) is 30.5 Å². The molecule has 146 valence electrons. The number of esters is 1. The molecular weight excluding hydrogens is 350 g/mol. The molecule has 2 aliphatic heterocycles. The second-order valence-electron chi connectivity index (χ2n) is 7.22. The van der Waals surface area contributed by atoms with Crippen LogP contribution in [0.25, 0.3) is 0 Å². The zero-order chi connectivity index (χ0) is 18.7. The van der Waals surface area contributed by atoms with E-state index in [1.165, 1.54) is 0 Å². The molecule has 7 nitrogen and oxygen atoms in total. The third-order valence-electron chi connectivity index (χ3n) is 5.63. The molecule has 7 heteroatoms. The van der Waals surface area contributed by atoms with E-state index in [0.717, 1.165) is 31.2 Å². The Bertz CT molecular complexity index is 706. The first-order valence-electron chi connectivity index (χ1n) is 9.62. The van der Waals surface area contributed by atoms with Crippen molar-refractivity contribution in [1.82, 2.24) is 4.90 Å². The lowest BCUT2D eigenvalue weighted by molar-refractivity contribution is -0.158. The summed E-state index contributed by atoms with van der Waals surface area (Å²) in [5.74, 6) is 0.886. The van der Waals surface area contributed by atoms with E-state index in [1.54, 1.807) is 4.90 Å². The lowest BCUT2D eigenvalue weighted by Crippen LogP contribution is -2.44. The van der Waals surface area contributed by atoms with Crippen molar-refractivity contribution < 1.29 is 28.5 Å². The van der Waals surface area contributed by atoms with E-state index in [0.29, 0.717) is 51.0 Å². The molecule has 1 aliphatic carbocycles. The van der Waals surface area contributed by atoms with Gasteiger partial charge in [0.15, 0.2) is 18.1 Å². The number of nitrogens with zero attached hydrogens (tertiary/aromatic N) is 1. The maximum absolute atomic E-state index is 13.0. The number of morpholine rings is 1. The van der Waals surface area contributed by atoms with Gasteiger partial charge < -0.3 is 23.8 Å². The molecule has 27 heavy (non-hydrogen) atoms. The summed E-state index contributed by atoms with van der Waals surface area (Å²) in [7, 11) is 0. The molecule has 2 heterocycles. The number of carbonyl (C=O) groups excluding carboxylic acids is 2. The van der Waals surface area contributed by atoms with E-state index in [2.05, 4.69) is 0 Å². The highest BCUT2D eigenvalue weighted by atomic mass is 16.6. The molecule has 1 saturated carbocycles. The second-order valence-corrected chi connectivity index (χ2v) is 7.22. The van der Waals surface area contributed by atoms with Gasteiger partial charge >= 0.3 is 5.97 Å². The van der Waals surface area contributed by atoms with Crippen LogP contribution in [0.1, 0.15) is 31.2 Å². The molecule has 0 N–H and O–H groups in total. The summed E-state index contributed by atoms with van der Waals surface area (Å²) in [6.45, 7) is 2.96. The Morgan fingerprint density at radius 3 is 2.44 bits per heavy atom. The van der Waals surface area contributed by atoms with Gasteiger partial charge in [-0.1, -0.05) is 18.9 Å². The largest absolute Gasteiger partial charge is 0.486 e. The fourth-order valence-electron chi connectivity index (χ4n) is 4.10. The highest BCUT2D eigenvalue weighted by Gasteiger charge is 2.45. The molecule has 1 amide bonds. The van der Waals surface area contributed by atoms with Crippen LogP contribution in [0.4, 0.5) is 0 Å². The van der Waals surface area contributed by atoms with E-state index in [4.69, 9.17) is 18.9 Å². The molecule has 0 radical (unpaired) electrons. The van der Waals surface area contributed by atoms with Gasteiger partial charge in [0.25, 0.3) is 5.91 Å². The Morgan fingerprint density at radius 1 is 1.00 bits per heavy atom. The summed E-state index contributed by atoms with van der Waals surface area (Å²) in [4.78, 5) is 27.0. The Kier molecular flexibility index (Phi) is 5.20. The quantitative estimate of drug-likeness (QED) is 0.746. The molecule has 3 aliphatic rings. The van der Waals surface area contributed by atoms with Crippen LogP contribution in [-0.2, 0) is 24.5 Å². The molecule has 0 unspecified atom stereocenters. The minimum Gasteiger partial charge on any atom is -0.486 e. The third-order valence-corrected chi connectivity index (χ3v) is 5.63. The van der Waals surface area contributed by atoms with Gasteiger partial charge in [-0.25, -0.2) is 0 Å². The van der Waals surface area contributed by atoms with Crippen LogP contribution in [0.15, 0.2) is 18.2 Å². The van der Waals surface area contributed by atoms with Gasteiger partial charge in [0.1, 0.15) is 13.2 Å². The predicted octanol–water partition coefficient (Wildman–Crippen LogP) is 1.67. The van der Waals surface area contributed by atoms with Crippen molar-refractivity contribution in [3.05, 3.63) is 23.8 Å². The molecular formula is C20H25NO6. The summed E-state index contributed by atoms with van der Waals surface area (Å²) in [6, 6.07) is 5.67. The first-order chi connectivity index (χ1) is 13.2. The first-order valence-corrected chi connectivity index (χ1v) is 9.62. The lowest BCUT2D eigenvalue weighted by atomic mass is 9.78. The average Bonchev–Trinajstić information content (AvgIpc) is 3.23. The summed E-state index contributed by atoms with van der Waals surface area (Å²) in [6.07, 6.45) is 3.36. The molecule has 1 aromatic carbocycles. The smallest absolute Gasteiger partial charge is 0.317 e. The number of amides is 1. The van der Waals surface area contributed by atoms with Crippen molar-refractivity contribution in [2.45, 2.75) is 31.1 Å². The Morgan fingerprint density at radius 2 is 1.70 bits per heavy atom. The number of fused-ring (bicyclic) bond motifs is 1. The Labute approximate surface area is 158 Å². The number of benzene rings is 1. The fourth-order valence-corrected chi connectivity index (χ4v) is 4.10. The number of hydrogen-bond acceptors (Lipinski definition) is 6. The molecule has 0 aromatic heterocycles. The first kappa shape index (κ1) is 18.1. The van der Waals surface area contributed by atoms with Gasteiger partial charge in [0, 0.05) is 13.1 Å². The normalized spacial score (nSPS) is 21.0. The fraction of sp³-hybridized carbons (Fsp3) is 0.600. The van der Waals surface area contributed by atoms with Crippen LogP contribution in [0.3, 0.4) is 0 Å². The standard InChI is InChI=1S/C20H25NO6/c22-18(21-7-9-24-10-8-21)14-27-19(23)20(5-1-2-6-20)15-3-4-16-17(13-15)26-12-11-25-16/h3-4,13H,1-2,5-12,14H2. The summed E-state index contributed by atoms with van der Waals surface area (Å²) >= 11 is 0. The predicted molar refractivity (Wildman–Crippen MR) is 95.9 cm³/mol. The van der Waals surface area contributed by atoms with Gasteiger partial charge in [-0.3, -0.25) is 9.59 Å². The van der Waals surface area contributed by atoms with E-state index >= 15 is 0 Å². The van der Waals surface area contributed by atoms with Crippen LogP contribution in [0.2, 0.25) is 0 Å². The highest BCUT2D eigenvalue weighted by Crippen LogP contribution is 2.45. The molecule has 0 atom stereocenters. The zero-order valence-corrected chi connectivity index (χ0v) is 15.4. The van der Waals surface area contributed by atoms with E-state index < -0.39 is 5.41 Å². The summed E-state index contributed by atoms with van der Waals surface area (Å²) in [5.41, 5.74) is 0.175. The van der Waals surface area contributed by atoms with Crippen molar-refractivity contribution in [2.24, 2.45) is 0 Å². The van der Waals surface area contributed by atoms with Crippen LogP contribution in [0, 0.1) is 0 Å². The lowest BCUT2D eigenvalue weighted by Gasteiger charge is -2.30. The summed E-state index contributed by atoms with van der Waals surface area (Å²) in [5, 5.41) is 0. The second kappa shape index (κ2) is 7.76. The molecule has 0 bridgehead atoms.